The minimum Gasteiger partial charge on any atom is -0.385 e. The van der Waals surface area contributed by atoms with Crippen molar-refractivity contribution in [3.8, 4) is 0 Å². The van der Waals surface area contributed by atoms with E-state index in [2.05, 4.69) is 24.7 Å². The number of halogens is 3. The Morgan fingerprint density at radius 1 is 0.780 bits per heavy atom. The Balaban J connectivity index is 0.000000194. The van der Waals surface area contributed by atoms with Crippen molar-refractivity contribution >= 4 is 70.3 Å². The minimum atomic E-state index is -4.48. The predicted octanol–water partition coefficient (Wildman–Crippen LogP) is 6.86. The number of nitrogens with one attached hydrogen (secondary N) is 3. The standard InChI is InChI=1S/C20H16F3N3O3S2.C12H13N3O2S2/c21-20(22,23)15-5-3-13(4-6-15)18(27)26-10-1-2-14-12-16(7-8-17(14)26)31(28,29)25-19-24-9-11-30-19;16-19(17,15-12-14-6-7-18-12)10-3-4-11-9(8-10)2-1-5-13-11/h3-9,11-12H,1-2,10H2,(H,24,25);3-4,6-8,13H,1-2,5H2,(H,14,15). The molecule has 262 valence electrons. The highest BCUT2D eigenvalue weighted by atomic mass is 32.2. The van der Waals surface area contributed by atoms with Crippen molar-refractivity contribution in [2.45, 2.75) is 41.7 Å². The summed E-state index contributed by atoms with van der Waals surface area (Å²) in [4.78, 5) is 22.6. The summed E-state index contributed by atoms with van der Waals surface area (Å²) in [6, 6.07) is 13.7. The smallest absolute Gasteiger partial charge is 0.385 e. The fourth-order valence-electron chi connectivity index (χ4n) is 5.42. The fourth-order valence-corrected chi connectivity index (χ4v) is 9.10. The summed E-state index contributed by atoms with van der Waals surface area (Å²) in [5, 5.41) is 7.27. The number of benzene rings is 3. The highest BCUT2D eigenvalue weighted by Crippen LogP contribution is 2.33. The van der Waals surface area contributed by atoms with Gasteiger partial charge in [0.25, 0.3) is 26.0 Å². The topological polar surface area (TPSA) is 150 Å². The van der Waals surface area contributed by atoms with Crippen molar-refractivity contribution in [2.75, 3.05) is 32.8 Å². The average molecular weight is 763 g/mol. The Morgan fingerprint density at radius 3 is 1.94 bits per heavy atom. The molecule has 3 aromatic carbocycles. The Labute approximate surface area is 294 Å². The third-order valence-electron chi connectivity index (χ3n) is 7.82. The Hall–Kier alpha value is -4.52. The molecule has 0 saturated heterocycles. The summed E-state index contributed by atoms with van der Waals surface area (Å²) in [5.74, 6) is -0.439. The molecule has 2 aliphatic heterocycles. The van der Waals surface area contributed by atoms with Crippen LogP contribution in [0, 0.1) is 0 Å². The van der Waals surface area contributed by atoms with Gasteiger partial charge in [0.15, 0.2) is 10.3 Å². The predicted molar refractivity (Wildman–Crippen MR) is 187 cm³/mol. The molecule has 0 aliphatic carbocycles. The van der Waals surface area contributed by atoms with E-state index in [-0.39, 0.29) is 20.5 Å². The van der Waals surface area contributed by atoms with Crippen LogP contribution in [0.15, 0.2) is 93.6 Å². The molecule has 7 rings (SSSR count). The van der Waals surface area contributed by atoms with Crippen LogP contribution < -0.4 is 19.7 Å². The molecule has 0 radical (unpaired) electrons. The largest absolute Gasteiger partial charge is 0.416 e. The van der Waals surface area contributed by atoms with Gasteiger partial charge in [0.05, 0.1) is 15.4 Å². The van der Waals surface area contributed by atoms with Crippen LogP contribution >= 0.6 is 22.7 Å². The number of aryl methyl sites for hydroxylation is 2. The molecule has 2 aliphatic rings. The van der Waals surface area contributed by atoms with Crippen LogP contribution in [0.2, 0.25) is 0 Å². The van der Waals surface area contributed by atoms with E-state index in [1.165, 1.54) is 34.6 Å². The molecule has 4 heterocycles. The monoisotopic (exact) mass is 762 g/mol. The van der Waals surface area contributed by atoms with E-state index >= 15 is 0 Å². The first-order chi connectivity index (χ1) is 23.8. The van der Waals surface area contributed by atoms with Crippen LogP contribution in [0.3, 0.4) is 0 Å². The van der Waals surface area contributed by atoms with E-state index < -0.39 is 37.7 Å². The van der Waals surface area contributed by atoms with Gasteiger partial charge in [-0.05, 0) is 97.5 Å². The van der Waals surface area contributed by atoms with Gasteiger partial charge in [0, 0.05) is 53.2 Å². The average Bonchev–Trinajstić information content (AvgIpc) is 3.81. The number of sulfonamides is 2. The molecule has 18 heteroatoms. The zero-order valence-corrected chi connectivity index (χ0v) is 29.2. The van der Waals surface area contributed by atoms with Gasteiger partial charge in [-0.2, -0.15) is 13.2 Å². The fraction of sp³-hybridized carbons (Fsp3) is 0.219. The summed E-state index contributed by atoms with van der Waals surface area (Å²) < 4.78 is 92.9. The summed E-state index contributed by atoms with van der Waals surface area (Å²) in [5.41, 5.74) is 2.60. The van der Waals surface area contributed by atoms with Crippen LogP contribution in [0.4, 0.5) is 34.8 Å². The molecule has 50 heavy (non-hydrogen) atoms. The van der Waals surface area contributed by atoms with Gasteiger partial charge in [-0.3, -0.25) is 14.2 Å². The number of carbonyl (C=O) groups excluding carboxylic acids is 1. The Bertz CT molecular complexity index is 2200. The van der Waals surface area contributed by atoms with Crippen molar-refractivity contribution in [3.63, 3.8) is 0 Å². The summed E-state index contributed by atoms with van der Waals surface area (Å²) in [6.45, 7) is 1.33. The number of hydrogen-bond donors (Lipinski definition) is 3. The molecule has 0 fully saturated rings. The molecule has 0 saturated carbocycles. The number of fused-ring (bicyclic) bond motifs is 2. The number of thiazole rings is 2. The molecule has 0 atom stereocenters. The zero-order valence-electron chi connectivity index (χ0n) is 26.0. The maximum Gasteiger partial charge on any atom is 0.416 e. The second kappa shape index (κ2) is 14.4. The third kappa shape index (κ3) is 8.09. The highest BCUT2D eigenvalue weighted by Gasteiger charge is 2.31. The maximum atomic E-state index is 12.9. The highest BCUT2D eigenvalue weighted by molar-refractivity contribution is 7.93. The zero-order chi connectivity index (χ0) is 35.5. The number of nitrogens with zero attached hydrogens (tertiary/aromatic N) is 3. The first kappa shape index (κ1) is 35.3. The van der Waals surface area contributed by atoms with Gasteiger partial charge in [-0.25, -0.2) is 26.8 Å². The van der Waals surface area contributed by atoms with Crippen LogP contribution in [0.1, 0.15) is 39.9 Å². The van der Waals surface area contributed by atoms with Crippen molar-refractivity contribution in [1.29, 1.82) is 0 Å². The minimum absolute atomic E-state index is 0.0466. The second-order valence-corrected chi connectivity index (χ2v) is 16.3. The molecule has 1 amide bonds. The van der Waals surface area contributed by atoms with Crippen LogP contribution in [-0.4, -0.2) is 45.8 Å². The van der Waals surface area contributed by atoms with Crippen LogP contribution in [0.5, 0.6) is 0 Å². The Kier molecular flexibility index (Phi) is 10.2. The molecule has 5 aromatic rings. The lowest BCUT2D eigenvalue weighted by Gasteiger charge is -2.30. The molecule has 2 aromatic heterocycles. The van der Waals surface area contributed by atoms with E-state index in [9.17, 15) is 34.8 Å². The molecular formula is C32H29F3N6O5S4. The van der Waals surface area contributed by atoms with E-state index in [4.69, 9.17) is 0 Å². The third-order valence-corrected chi connectivity index (χ3v) is 12.1. The summed E-state index contributed by atoms with van der Waals surface area (Å²) in [7, 11) is -7.38. The lowest BCUT2D eigenvalue weighted by atomic mass is 10.0. The second-order valence-electron chi connectivity index (χ2n) is 11.2. The number of amides is 1. The quantitative estimate of drug-likeness (QED) is 0.163. The normalized spacial score (nSPS) is 14.3. The van der Waals surface area contributed by atoms with Crippen molar-refractivity contribution in [1.82, 2.24) is 9.97 Å². The van der Waals surface area contributed by atoms with E-state index in [1.807, 2.05) is 6.07 Å². The van der Waals surface area contributed by atoms with E-state index in [0.717, 1.165) is 66.2 Å². The Morgan fingerprint density at radius 2 is 1.36 bits per heavy atom. The van der Waals surface area contributed by atoms with E-state index in [1.54, 1.807) is 35.2 Å². The molecular weight excluding hydrogens is 734 g/mol. The van der Waals surface area contributed by atoms with Crippen molar-refractivity contribution < 1.29 is 34.8 Å². The summed E-state index contributed by atoms with van der Waals surface area (Å²) in [6.07, 6.45) is 1.68. The van der Waals surface area contributed by atoms with Crippen LogP contribution in [-0.2, 0) is 39.1 Å². The van der Waals surface area contributed by atoms with Crippen molar-refractivity contribution in [2.24, 2.45) is 0 Å². The summed E-state index contributed by atoms with van der Waals surface area (Å²) >= 11 is 2.41. The van der Waals surface area contributed by atoms with E-state index in [0.29, 0.717) is 35.8 Å². The van der Waals surface area contributed by atoms with Gasteiger partial charge in [0.2, 0.25) is 0 Å². The van der Waals surface area contributed by atoms with Gasteiger partial charge in [0.1, 0.15) is 0 Å². The van der Waals surface area contributed by atoms with Gasteiger partial charge in [-0.1, -0.05) is 0 Å². The molecule has 0 bridgehead atoms. The molecule has 0 unspecified atom stereocenters. The number of alkyl halides is 3. The SMILES string of the molecule is O=C(c1ccc(C(F)(F)F)cc1)N1CCCc2cc(S(=O)(=O)Nc3nccs3)ccc21.O=S(=O)(Nc1nccs1)c1ccc2c(c1)CCCN2. The number of hydrogen-bond acceptors (Lipinski definition) is 10. The number of aromatic nitrogens is 2. The number of rotatable bonds is 7. The molecule has 11 nitrogen and oxygen atoms in total. The lowest BCUT2D eigenvalue weighted by molar-refractivity contribution is -0.137. The number of carbonyl (C=O) groups is 1. The van der Waals surface area contributed by atoms with Crippen LogP contribution in [0.25, 0.3) is 0 Å². The van der Waals surface area contributed by atoms with Gasteiger partial charge < -0.3 is 10.2 Å². The lowest BCUT2D eigenvalue weighted by Crippen LogP contribution is -2.35. The van der Waals surface area contributed by atoms with Crippen molar-refractivity contribution in [3.05, 3.63) is 106 Å². The first-order valence-corrected chi connectivity index (χ1v) is 19.9. The van der Waals surface area contributed by atoms with Gasteiger partial charge >= 0.3 is 6.18 Å². The first-order valence-electron chi connectivity index (χ1n) is 15.1. The number of anilines is 4. The van der Waals surface area contributed by atoms with Gasteiger partial charge in [-0.15, -0.1) is 22.7 Å². The molecule has 0 spiro atoms. The maximum absolute atomic E-state index is 12.9. The molecule has 3 N–H and O–H groups in total.